The smallest absolute Gasteiger partial charge is 0.172 e. The molecule has 0 spiro atoms. The van der Waals surface area contributed by atoms with E-state index in [1.807, 2.05) is 0 Å². The summed E-state index contributed by atoms with van der Waals surface area (Å²) < 4.78 is 28.4. The number of carbonyl (C=O) groups excluding carboxylic acids is 1. The van der Waals surface area contributed by atoms with E-state index in [1.165, 1.54) is 18.6 Å². The molecule has 0 saturated heterocycles. The van der Waals surface area contributed by atoms with Crippen LogP contribution in [0.3, 0.4) is 0 Å². The van der Waals surface area contributed by atoms with Crippen LogP contribution in [0, 0.1) is 41.2 Å². The van der Waals surface area contributed by atoms with Crippen molar-refractivity contribution in [1.82, 2.24) is 0 Å². The van der Waals surface area contributed by atoms with Gasteiger partial charge in [0.2, 0.25) is 0 Å². The van der Waals surface area contributed by atoms with Gasteiger partial charge in [-0.1, -0.05) is 0 Å². The third-order valence-electron chi connectivity index (χ3n) is 5.82. The summed E-state index contributed by atoms with van der Waals surface area (Å²) in [6.45, 7) is 0. The van der Waals surface area contributed by atoms with E-state index in [9.17, 15) is 13.6 Å². The van der Waals surface area contributed by atoms with Gasteiger partial charge in [-0.15, -0.1) is 0 Å². The second-order valence-corrected chi connectivity index (χ2v) is 7.89. The van der Waals surface area contributed by atoms with Crippen molar-refractivity contribution in [2.24, 2.45) is 29.6 Å². The third-order valence-corrected chi connectivity index (χ3v) is 6.43. The Hall–Kier alpha value is -0.770. The zero-order valence-electron chi connectivity index (χ0n) is 11.6. The van der Waals surface area contributed by atoms with Crippen LogP contribution in [0.2, 0.25) is 0 Å². The molecule has 0 atom stereocenters. The zero-order valence-corrected chi connectivity index (χ0v) is 13.2. The molecule has 0 amide bonds. The Bertz CT molecular complexity index is 585. The zero-order chi connectivity index (χ0) is 14.7. The molecule has 0 heterocycles. The van der Waals surface area contributed by atoms with E-state index in [4.69, 9.17) is 0 Å². The van der Waals surface area contributed by atoms with E-state index < -0.39 is 11.6 Å². The van der Waals surface area contributed by atoms with Crippen LogP contribution in [-0.2, 0) is 0 Å². The first-order valence-electron chi connectivity index (χ1n) is 7.72. The minimum atomic E-state index is -0.742. The van der Waals surface area contributed by atoms with Gasteiger partial charge in [0.05, 0.1) is 10.0 Å². The molecule has 0 unspecified atom stereocenters. The molecule has 0 N–H and O–H groups in total. The molecule has 0 radical (unpaired) electrons. The summed E-state index contributed by atoms with van der Waals surface area (Å²) in [5.41, 5.74) is -0.332. The highest BCUT2D eigenvalue weighted by Crippen LogP contribution is 2.57. The van der Waals surface area contributed by atoms with Crippen molar-refractivity contribution in [3.63, 3.8) is 0 Å². The molecular weight excluding hydrogens is 338 g/mol. The maximum Gasteiger partial charge on any atom is 0.172 e. The van der Waals surface area contributed by atoms with E-state index in [-0.39, 0.29) is 21.7 Å². The summed E-state index contributed by atoms with van der Waals surface area (Å²) in [5, 5.41) is 0. The average Bonchev–Trinajstić information content (AvgIpc) is 2.42. The predicted molar refractivity (Wildman–Crippen MR) is 78.9 cm³/mol. The monoisotopic (exact) mass is 354 g/mol. The van der Waals surface area contributed by atoms with Crippen LogP contribution in [0.25, 0.3) is 0 Å². The second-order valence-electron chi connectivity index (χ2n) is 7.04. The first-order chi connectivity index (χ1) is 10.0. The average molecular weight is 355 g/mol. The Kier molecular flexibility index (Phi) is 3.21. The molecular formula is C17H17BrF2O. The maximum absolute atomic E-state index is 14.2. The Morgan fingerprint density at radius 3 is 2.14 bits per heavy atom. The van der Waals surface area contributed by atoms with Gasteiger partial charge in [-0.25, -0.2) is 8.78 Å². The Morgan fingerprint density at radius 2 is 1.57 bits per heavy atom. The number of Topliss-reactive ketones (excluding diaryl/α,β-unsaturated/α-hetero) is 1. The van der Waals surface area contributed by atoms with Crippen LogP contribution >= 0.6 is 15.9 Å². The van der Waals surface area contributed by atoms with Gasteiger partial charge in [-0.2, -0.15) is 0 Å². The van der Waals surface area contributed by atoms with Gasteiger partial charge in [0.25, 0.3) is 0 Å². The molecule has 21 heavy (non-hydrogen) atoms. The van der Waals surface area contributed by atoms with Crippen molar-refractivity contribution in [2.75, 3.05) is 0 Å². The van der Waals surface area contributed by atoms with E-state index in [2.05, 4.69) is 15.9 Å². The van der Waals surface area contributed by atoms with Crippen molar-refractivity contribution in [2.45, 2.75) is 32.1 Å². The van der Waals surface area contributed by atoms with Crippen LogP contribution in [0.1, 0.15) is 42.5 Å². The van der Waals surface area contributed by atoms with E-state index >= 15 is 0 Å². The Morgan fingerprint density at radius 1 is 1.00 bits per heavy atom. The van der Waals surface area contributed by atoms with Crippen molar-refractivity contribution < 1.29 is 13.6 Å². The molecule has 4 bridgehead atoms. The van der Waals surface area contributed by atoms with Crippen molar-refractivity contribution in [3.8, 4) is 0 Å². The maximum atomic E-state index is 14.2. The van der Waals surface area contributed by atoms with E-state index in [1.54, 1.807) is 0 Å². The minimum Gasteiger partial charge on any atom is -0.294 e. The number of benzene rings is 1. The van der Waals surface area contributed by atoms with Crippen LogP contribution < -0.4 is 0 Å². The quantitative estimate of drug-likeness (QED) is 0.540. The first kappa shape index (κ1) is 13.9. The highest BCUT2D eigenvalue weighted by atomic mass is 79.9. The second kappa shape index (κ2) is 4.87. The first-order valence-corrected chi connectivity index (χ1v) is 8.51. The molecule has 112 valence electrons. The van der Waals surface area contributed by atoms with Gasteiger partial charge in [0.15, 0.2) is 11.6 Å². The summed E-state index contributed by atoms with van der Waals surface area (Å²) in [7, 11) is 0. The number of hydrogen-bond donors (Lipinski definition) is 0. The van der Waals surface area contributed by atoms with Gasteiger partial charge >= 0.3 is 0 Å². The van der Waals surface area contributed by atoms with Crippen LogP contribution in [0.15, 0.2) is 16.6 Å². The van der Waals surface area contributed by atoms with Crippen molar-refractivity contribution in [3.05, 3.63) is 33.8 Å². The van der Waals surface area contributed by atoms with E-state index in [0.717, 1.165) is 37.5 Å². The predicted octanol–water partition coefficient (Wildman–Crippen LogP) is 4.98. The molecule has 1 aromatic rings. The molecule has 0 aliphatic heterocycles. The molecule has 0 aromatic heterocycles. The lowest BCUT2D eigenvalue weighted by Gasteiger charge is -2.53. The van der Waals surface area contributed by atoms with E-state index in [0.29, 0.717) is 11.8 Å². The SMILES string of the molecule is O=C(c1c(F)ccc(Br)c1F)C1C2CC3CC(C2)CC1C3. The van der Waals surface area contributed by atoms with Gasteiger partial charge in [-0.3, -0.25) is 4.79 Å². The molecule has 1 aromatic carbocycles. The van der Waals surface area contributed by atoms with Crippen molar-refractivity contribution >= 4 is 21.7 Å². The minimum absolute atomic E-state index is 0.163. The summed E-state index contributed by atoms with van der Waals surface area (Å²) in [4.78, 5) is 12.8. The molecule has 4 aliphatic rings. The highest BCUT2D eigenvalue weighted by molar-refractivity contribution is 9.10. The standard InChI is InChI=1S/C17H17BrF2O/c18-12-1-2-13(19)15(16(12)20)17(21)14-10-4-8-3-9(6-10)7-11(14)5-8/h1-2,8-11,14H,3-7H2. The summed E-state index contributed by atoms with van der Waals surface area (Å²) >= 11 is 3.06. The fourth-order valence-corrected chi connectivity index (χ4v) is 5.60. The number of hydrogen-bond acceptors (Lipinski definition) is 1. The molecule has 4 saturated carbocycles. The molecule has 4 heteroatoms. The third kappa shape index (κ3) is 2.09. The lowest BCUT2D eigenvalue weighted by molar-refractivity contribution is -0.0254. The van der Waals surface area contributed by atoms with Gasteiger partial charge < -0.3 is 0 Å². The summed E-state index contributed by atoms with van der Waals surface area (Å²) in [6.07, 6.45) is 5.58. The van der Waals surface area contributed by atoms with Crippen molar-refractivity contribution in [1.29, 1.82) is 0 Å². The van der Waals surface area contributed by atoms with Crippen LogP contribution in [0.5, 0.6) is 0 Å². The summed E-state index contributed by atoms with van der Waals surface area (Å²) in [6, 6.07) is 2.49. The fourth-order valence-electron chi connectivity index (χ4n) is 5.27. The Balaban J connectivity index is 1.71. The van der Waals surface area contributed by atoms with Gasteiger partial charge in [0.1, 0.15) is 5.82 Å². The molecule has 4 fully saturated rings. The number of rotatable bonds is 2. The topological polar surface area (TPSA) is 17.1 Å². The lowest BCUT2D eigenvalue weighted by Crippen LogP contribution is -2.48. The lowest BCUT2D eigenvalue weighted by atomic mass is 9.51. The van der Waals surface area contributed by atoms with Gasteiger partial charge in [-0.05, 0) is 83.8 Å². The normalized spacial score (nSPS) is 37.0. The Labute approximate surface area is 131 Å². The van der Waals surface area contributed by atoms with Crippen LogP contribution in [-0.4, -0.2) is 5.78 Å². The molecule has 5 rings (SSSR count). The molecule has 1 nitrogen and oxygen atoms in total. The molecule has 4 aliphatic carbocycles. The number of ketones is 1. The number of carbonyl (C=O) groups is 1. The fraction of sp³-hybridized carbons (Fsp3) is 0.588. The number of halogens is 3. The highest BCUT2D eigenvalue weighted by Gasteiger charge is 2.51. The van der Waals surface area contributed by atoms with Gasteiger partial charge in [0, 0.05) is 5.92 Å². The largest absolute Gasteiger partial charge is 0.294 e. The van der Waals surface area contributed by atoms with Crippen LogP contribution in [0.4, 0.5) is 8.78 Å². The summed E-state index contributed by atoms with van der Waals surface area (Å²) in [5.74, 6) is 0.222.